The second-order valence-electron chi connectivity index (χ2n) is 5.25. The maximum absolute atomic E-state index is 12.4. The summed E-state index contributed by atoms with van der Waals surface area (Å²) >= 11 is 3.43. The molecule has 106 valence electrons. The Labute approximate surface area is 129 Å². The zero-order valence-electron chi connectivity index (χ0n) is 11.3. The highest BCUT2D eigenvalue weighted by molar-refractivity contribution is 9.10. The van der Waals surface area contributed by atoms with Gasteiger partial charge in [0.2, 0.25) is 5.91 Å². The van der Waals surface area contributed by atoms with E-state index < -0.39 is 0 Å². The SMILES string of the molecule is Cc1cc(Br)ccc1NC(=O)C1(C)CCCNC1.Cl. The van der Waals surface area contributed by atoms with Gasteiger partial charge in [-0.05, 0) is 57.0 Å². The molecule has 1 aliphatic heterocycles. The first-order chi connectivity index (χ1) is 8.51. The number of anilines is 1. The molecule has 2 N–H and O–H groups in total. The summed E-state index contributed by atoms with van der Waals surface area (Å²) in [6.45, 7) is 5.80. The Bertz CT molecular complexity index is 459. The van der Waals surface area contributed by atoms with Crippen LogP contribution in [-0.2, 0) is 4.79 Å². The average Bonchev–Trinajstić information content (AvgIpc) is 2.33. The number of halogens is 2. The molecule has 5 heteroatoms. The van der Waals surface area contributed by atoms with E-state index in [2.05, 4.69) is 26.6 Å². The Morgan fingerprint density at radius 1 is 1.47 bits per heavy atom. The smallest absolute Gasteiger partial charge is 0.231 e. The first kappa shape index (κ1) is 16.5. The minimum atomic E-state index is -0.294. The molecule has 1 fully saturated rings. The predicted molar refractivity (Wildman–Crippen MR) is 85.0 cm³/mol. The number of hydrogen-bond donors (Lipinski definition) is 2. The van der Waals surface area contributed by atoms with Gasteiger partial charge < -0.3 is 10.6 Å². The molecule has 1 heterocycles. The van der Waals surface area contributed by atoms with Crippen LogP contribution in [0.5, 0.6) is 0 Å². The lowest BCUT2D eigenvalue weighted by atomic mass is 9.82. The largest absolute Gasteiger partial charge is 0.325 e. The molecule has 0 aliphatic carbocycles. The monoisotopic (exact) mass is 346 g/mol. The number of rotatable bonds is 2. The second-order valence-corrected chi connectivity index (χ2v) is 6.17. The van der Waals surface area contributed by atoms with E-state index in [1.54, 1.807) is 0 Å². The summed E-state index contributed by atoms with van der Waals surface area (Å²) < 4.78 is 1.03. The number of nitrogens with one attached hydrogen (secondary N) is 2. The van der Waals surface area contributed by atoms with E-state index in [1.807, 2.05) is 32.0 Å². The first-order valence-corrected chi connectivity index (χ1v) is 7.09. The van der Waals surface area contributed by atoms with Crippen molar-refractivity contribution in [3.05, 3.63) is 28.2 Å². The maximum Gasteiger partial charge on any atom is 0.231 e. The van der Waals surface area contributed by atoms with Crippen LogP contribution in [0.15, 0.2) is 22.7 Å². The van der Waals surface area contributed by atoms with E-state index in [4.69, 9.17) is 0 Å². The number of carbonyl (C=O) groups excluding carboxylic acids is 1. The van der Waals surface area contributed by atoms with Gasteiger partial charge in [0.1, 0.15) is 0 Å². The fraction of sp³-hybridized carbons (Fsp3) is 0.500. The van der Waals surface area contributed by atoms with Crippen LogP contribution < -0.4 is 10.6 Å². The Morgan fingerprint density at radius 3 is 2.79 bits per heavy atom. The highest BCUT2D eigenvalue weighted by Crippen LogP contribution is 2.28. The van der Waals surface area contributed by atoms with Crippen LogP contribution in [0.2, 0.25) is 0 Å². The van der Waals surface area contributed by atoms with Crippen molar-refractivity contribution < 1.29 is 4.79 Å². The number of hydrogen-bond acceptors (Lipinski definition) is 2. The van der Waals surface area contributed by atoms with Gasteiger partial charge in [0.15, 0.2) is 0 Å². The fourth-order valence-corrected chi connectivity index (χ4v) is 2.77. The standard InChI is InChI=1S/C14H19BrN2O.ClH/c1-10-8-11(15)4-5-12(10)17-13(18)14(2)6-3-7-16-9-14;/h4-5,8,16H,3,6-7,9H2,1-2H3,(H,17,18);1H. The predicted octanol–water partition coefficient (Wildman–Crippen LogP) is 3.51. The molecule has 1 aromatic rings. The van der Waals surface area contributed by atoms with Gasteiger partial charge in [-0.15, -0.1) is 12.4 Å². The van der Waals surface area contributed by atoms with Crippen molar-refractivity contribution in [3.63, 3.8) is 0 Å². The van der Waals surface area contributed by atoms with Gasteiger partial charge in [-0.2, -0.15) is 0 Å². The van der Waals surface area contributed by atoms with Crippen LogP contribution in [0.1, 0.15) is 25.3 Å². The van der Waals surface area contributed by atoms with Gasteiger partial charge in [-0.1, -0.05) is 15.9 Å². The number of piperidine rings is 1. The van der Waals surface area contributed by atoms with E-state index in [0.29, 0.717) is 0 Å². The molecule has 1 aliphatic rings. The Balaban J connectivity index is 0.00000180. The number of carbonyl (C=O) groups is 1. The van der Waals surface area contributed by atoms with Crippen LogP contribution in [0.4, 0.5) is 5.69 Å². The Morgan fingerprint density at radius 2 is 2.21 bits per heavy atom. The van der Waals surface area contributed by atoms with Gasteiger partial charge in [0.25, 0.3) is 0 Å². The third-order valence-electron chi connectivity index (χ3n) is 3.58. The van der Waals surface area contributed by atoms with E-state index >= 15 is 0 Å². The third kappa shape index (κ3) is 3.94. The van der Waals surface area contributed by atoms with Crippen molar-refractivity contribution in [2.45, 2.75) is 26.7 Å². The minimum Gasteiger partial charge on any atom is -0.325 e. The number of aryl methyl sites for hydroxylation is 1. The van der Waals surface area contributed by atoms with Gasteiger partial charge in [0, 0.05) is 16.7 Å². The summed E-state index contributed by atoms with van der Waals surface area (Å²) in [6.07, 6.45) is 2.00. The van der Waals surface area contributed by atoms with Crippen LogP contribution >= 0.6 is 28.3 Å². The lowest BCUT2D eigenvalue weighted by Crippen LogP contribution is -2.46. The van der Waals surface area contributed by atoms with Gasteiger partial charge in [-0.3, -0.25) is 4.79 Å². The molecule has 1 saturated heterocycles. The molecule has 1 unspecified atom stereocenters. The molecule has 0 radical (unpaired) electrons. The van der Waals surface area contributed by atoms with Gasteiger partial charge in [0.05, 0.1) is 5.41 Å². The molecule has 19 heavy (non-hydrogen) atoms. The Hall–Kier alpha value is -0.580. The highest BCUT2D eigenvalue weighted by Gasteiger charge is 2.34. The summed E-state index contributed by atoms with van der Waals surface area (Å²) in [5, 5.41) is 6.35. The third-order valence-corrected chi connectivity index (χ3v) is 4.08. The van der Waals surface area contributed by atoms with Crippen molar-refractivity contribution >= 4 is 39.9 Å². The fourth-order valence-electron chi connectivity index (χ4n) is 2.29. The first-order valence-electron chi connectivity index (χ1n) is 6.30. The molecular formula is C14H20BrClN2O. The highest BCUT2D eigenvalue weighted by atomic mass is 79.9. The van der Waals surface area contributed by atoms with Crippen molar-refractivity contribution in [1.29, 1.82) is 0 Å². The van der Waals surface area contributed by atoms with E-state index in [1.165, 1.54) is 0 Å². The molecule has 3 nitrogen and oxygen atoms in total. The van der Waals surface area contributed by atoms with Crippen LogP contribution in [0.3, 0.4) is 0 Å². The molecule has 0 spiro atoms. The second kappa shape index (κ2) is 6.73. The lowest BCUT2D eigenvalue weighted by Gasteiger charge is -2.32. The number of benzene rings is 1. The molecule has 0 saturated carbocycles. The average molecular weight is 348 g/mol. The van der Waals surface area contributed by atoms with Crippen molar-refractivity contribution in [1.82, 2.24) is 5.32 Å². The molecule has 2 rings (SSSR count). The van der Waals surface area contributed by atoms with Crippen LogP contribution in [0, 0.1) is 12.3 Å². The molecule has 0 aromatic heterocycles. The van der Waals surface area contributed by atoms with E-state index in [9.17, 15) is 4.79 Å². The summed E-state index contributed by atoms with van der Waals surface area (Å²) in [4.78, 5) is 12.4. The lowest BCUT2D eigenvalue weighted by molar-refractivity contribution is -0.125. The molecule has 1 amide bonds. The molecule has 0 bridgehead atoms. The summed E-state index contributed by atoms with van der Waals surface area (Å²) in [6, 6.07) is 5.90. The molecule has 1 aromatic carbocycles. The van der Waals surface area contributed by atoms with Crippen LogP contribution in [0.25, 0.3) is 0 Å². The number of amides is 1. The molecular weight excluding hydrogens is 328 g/mol. The quantitative estimate of drug-likeness (QED) is 0.859. The topological polar surface area (TPSA) is 41.1 Å². The van der Waals surface area contributed by atoms with E-state index in [0.717, 1.165) is 41.7 Å². The summed E-state index contributed by atoms with van der Waals surface area (Å²) in [5.74, 6) is 0.111. The van der Waals surface area contributed by atoms with Crippen LogP contribution in [-0.4, -0.2) is 19.0 Å². The zero-order valence-corrected chi connectivity index (χ0v) is 13.7. The van der Waals surface area contributed by atoms with Gasteiger partial charge in [-0.25, -0.2) is 0 Å². The van der Waals surface area contributed by atoms with Crippen molar-refractivity contribution in [2.24, 2.45) is 5.41 Å². The van der Waals surface area contributed by atoms with Gasteiger partial charge >= 0.3 is 0 Å². The van der Waals surface area contributed by atoms with Crippen molar-refractivity contribution in [3.8, 4) is 0 Å². The maximum atomic E-state index is 12.4. The minimum absolute atomic E-state index is 0. The summed E-state index contributed by atoms with van der Waals surface area (Å²) in [7, 11) is 0. The zero-order chi connectivity index (χ0) is 13.2. The van der Waals surface area contributed by atoms with Crippen molar-refractivity contribution in [2.75, 3.05) is 18.4 Å². The van der Waals surface area contributed by atoms with E-state index in [-0.39, 0.29) is 23.7 Å². The summed E-state index contributed by atoms with van der Waals surface area (Å²) in [5.41, 5.74) is 1.68. The normalized spacial score (nSPS) is 22.5. The Kier molecular flexibility index (Phi) is 5.83. The molecule has 1 atom stereocenters.